The second-order valence-electron chi connectivity index (χ2n) is 4.51. The lowest BCUT2D eigenvalue weighted by molar-refractivity contribution is 0.597. The lowest BCUT2D eigenvalue weighted by atomic mass is 10.4. The molecule has 21 heavy (non-hydrogen) atoms. The number of anilines is 1. The van der Waals surface area contributed by atoms with E-state index in [9.17, 15) is 16.8 Å². The van der Waals surface area contributed by atoms with Crippen molar-refractivity contribution in [1.82, 2.24) is 4.98 Å². The molecule has 0 bridgehead atoms. The van der Waals surface area contributed by atoms with Crippen LogP contribution in [0.3, 0.4) is 0 Å². The van der Waals surface area contributed by atoms with Crippen molar-refractivity contribution < 1.29 is 16.8 Å². The summed E-state index contributed by atoms with van der Waals surface area (Å²) < 4.78 is 49.5. The highest BCUT2D eigenvalue weighted by atomic mass is 32.2. The first kappa shape index (κ1) is 15.9. The second-order valence-corrected chi connectivity index (χ2v) is 9.41. The van der Waals surface area contributed by atoms with Crippen LogP contribution >= 0.6 is 11.3 Å². The van der Waals surface area contributed by atoms with Gasteiger partial charge in [0.15, 0.2) is 15.0 Å². The number of nitrogens with one attached hydrogen (secondary N) is 1. The van der Waals surface area contributed by atoms with E-state index in [4.69, 9.17) is 0 Å². The number of aryl methyl sites for hydroxylation is 2. The topological polar surface area (TPSA) is 93.2 Å². The number of benzene rings is 1. The molecule has 1 heterocycles. The van der Waals surface area contributed by atoms with Crippen LogP contribution in [0.5, 0.6) is 0 Å². The van der Waals surface area contributed by atoms with Gasteiger partial charge in [-0.2, -0.15) is 0 Å². The van der Waals surface area contributed by atoms with Crippen LogP contribution in [-0.4, -0.2) is 28.1 Å². The molecule has 0 radical (unpaired) electrons. The van der Waals surface area contributed by atoms with E-state index in [0.29, 0.717) is 0 Å². The first-order valence-electron chi connectivity index (χ1n) is 5.86. The van der Waals surface area contributed by atoms with Gasteiger partial charge in [0.1, 0.15) is 0 Å². The van der Waals surface area contributed by atoms with Crippen molar-refractivity contribution in [1.29, 1.82) is 0 Å². The largest absolute Gasteiger partial charge is 0.263 e. The molecule has 0 atom stereocenters. The van der Waals surface area contributed by atoms with Gasteiger partial charge in [0.25, 0.3) is 10.0 Å². The molecule has 9 heteroatoms. The summed E-state index contributed by atoms with van der Waals surface area (Å²) in [6.45, 7) is 3.65. The molecule has 0 aliphatic rings. The molecular formula is C12H14N2O4S3. The molecule has 0 spiro atoms. The molecule has 0 saturated heterocycles. The minimum Gasteiger partial charge on any atom is -0.255 e. The van der Waals surface area contributed by atoms with Gasteiger partial charge in [-0.1, -0.05) is 0 Å². The molecule has 0 aliphatic heterocycles. The summed E-state index contributed by atoms with van der Waals surface area (Å²) in [4.78, 5) is 5.10. The van der Waals surface area contributed by atoms with Crippen LogP contribution in [-0.2, 0) is 19.9 Å². The van der Waals surface area contributed by atoms with Crippen LogP contribution in [0.2, 0.25) is 0 Å². The standard InChI is InChI=1S/C12H14N2O4S3/c1-8-9(2)19-12(13-8)14-21(17,18)11-6-4-10(5-7-11)20(3,15)16/h4-7H,1-3H3,(H,13,14). The smallest absolute Gasteiger partial charge is 0.255 e. The Labute approximate surface area is 127 Å². The third-order valence-electron chi connectivity index (χ3n) is 2.81. The van der Waals surface area contributed by atoms with E-state index in [-0.39, 0.29) is 14.9 Å². The zero-order valence-corrected chi connectivity index (χ0v) is 14.1. The Morgan fingerprint density at radius 1 is 1.00 bits per heavy atom. The van der Waals surface area contributed by atoms with Crippen molar-refractivity contribution >= 4 is 36.3 Å². The van der Waals surface area contributed by atoms with Gasteiger partial charge in [0.05, 0.1) is 15.5 Å². The number of hydrogen-bond donors (Lipinski definition) is 1. The van der Waals surface area contributed by atoms with Crippen LogP contribution < -0.4 is 4.72 Å². The number of sulfone groups is 1. The van der Waals surface area contributed by atoms with Crippen LogP contribution in [0.1, 0.15) is 10.6 Å². The molecule has 6 nitrogen and oxygen atoms in total. The minimum atomic E-state index is -3.78. The quantitative estimate of drug-likeness (QED) is 0.913. The monoisotopic (exact) mass is 346 g/mol. The normalized spacial score (nSPS) is 12.3. The maximum absolute atomic E-state index is 12.2. The summed E-state index contributed by atoms with van der Waals surface area (Å²) in [5.74, 6) is 0. The third-order valence-corrected chi connectivity index (χ3v) is 6.41. The van der Waals surface area contributed by atoms with Gasteiger partial charge in [0, 0.05) is 11.1 Å². The van der Waals surface area contributed by atoms with Crippen LogP contribution in [0.15, 0.2) is 34.1 Å². The van der Waals surface area contributed by atoms with Gasteiger partial charge < -0.3 is 0 Å². The highest BCUT2D eigenvalue weighted by molar-refractivity contribution is 7.93. The number of rotatable bonds is 4. The summed E-state index contributed by atoms with van der Waals surface area (Å²) in [5.41, 5.74) is 0.769. The summed E-state index contributed by atoms with van der Waals surface area (Å²) in [7, 11) is -7.13. The third kappa shape index (κ3) is 3.60. The molecule has 1 aromatic heterocycles. The van der Waals surface area contributed by atoms with E-state index in [1.165, 1.54) is 35.6 Å². The molecule has 1 aromatic carbocycles. The van der Waals surface area contributed by atoms with Crippen LogP contribution in [0, 0.1) is 13.8 Å². The van der Waals surface area contributed by atoms with Crippen molar-refractivity contribution in [2.45, 2.75) is 23.6 Å². The molecule has 1 N–H and O–H groups in total. The summed E-state index contributed by atoms with van der Waals surface area (Å²) >= 11 is 1.25. The lowest BCUT2D eigenvalue weighted by Gasteiger charge is -2.05. The average molecular weight is 346 g/mol. The first-order chi connectivity index (χ1) is 9.59. The van der Waals surface area contributed by atoms with Crippen molar-refractivity contribution in [3.63, 3.8) is 0 Å². The highest BCUT2D eigenvalue weighted by Crippen LogP contribution is 2.24. The van der Waals surface area contributed by atoms with Crippen molar-refractivity contribution in [2.75, 3.05) is 11.0 Å². The predicted octanol–water partition coefficient (Wildman–Crippen LogP) is 1.96. The number of sulfonamides is 1. The van der Waals surface area contributed by atoms with Crippen LogP contribution in [0.4, 0.5) is 5.13 Å². The lowest BCUT2D eigenvalue weighted by Crippen LogP contribution is -2.13. The van der Waals surface area contributed by atoms with E-state index in [0.717, 1.165) is 16.8 Å². The first-order valence-corrected chi connectivity index (χ1v) is 10.1. The van der Waals surface area contributed by atoms with Gasteiger partial charge in [-0.25, -0.2) is 21.8 Å². The number of hydrogen-bond acceptors (Lipinski definition) is 6. The fourth-order valence-electron chi connectivity index (χ4n) is 1.56. The van der Waals surface area contributed by atoms with E-state index in [1.54, 1.807) is 6.92 Å². The maximum atomic E-state index is 12.2. The molecule has 114 valence electrons. The fraction of sp³-hybridized carbons (Fsp3) is 0.250. The fourth-order valence-corrected chi connectivity index (χ4v) is 4.24. The summed E-state index contributed by atoms with van der Waals surface area (Å²) in [5, 5.41) is 0.289. The Morgan fingerprint density at radius 2 is 1.52 bits per heavy atom. The number of thiazole rings is 1. The van der Waals surface area contributed by atoms with Gasteiger partial charge >= 0.3 is 0 Å². The van der Waals surface area contributed by atoms with E-state index < -0.39 is 19.9 Å². The predicted molar refractivity (Wildman–Crippen MR) is 81.9 cm³/mol. The molecule has 2 aromatic rings. The van der Waals surface area contributed by atoms with Gasteiger partial charge in [-0.05, 0) is 38.1 Å². The Kier molecular flexibility index (Phi) is 4.09. The van der Waals surface area contributed by atoms with E-state index in [1.807, 2.05) is 6.92 Å². The van der Waals surface area contributed by atoms with Crippen LogP contribution in [0.25, 0.3) is 0 Å². The Morgan fingerprint density at radius 3 is 1.95 bits per heavy atom. The SMILES string of the molecule is Cc1nc(NS(=O)(=O)c2ccc(S(C)(=O)=O)cc2)sc1C. The van der Waals surface area contributed by atoms with E-state index in [2.05, 4.69) is 9.71 Å². The zero-order chi connectivity index (χ0) is 15.8. The van der Waals surface area contributed by atoms with Crippen molar-refractivity contribution in [2.24, 2.45) is 0 Å². The highest BCUT2D eigenvalue weighted by Gasteiger charge is 2.17. The molecule has 2 rings (SSSR count). The Hall–Kier alpha value is -1.45. The second kappa shape index (κ2) is 5.39. The van der Waals surface area contributed by atoms with Gasteiger partial charge in [-0.3, -0.25) is 4.72 Å². The summed E-state index contributed by atoms with van der Waals surface area (Å²) in [6.07, 6.45) is 1.07. The van der Waals surface area contributed by atoms with Gasteiger partial charge in [-0.15, -0.1) is 11.3 Å². The average Bonchev–Trinajstić information content (AvgIpc) is 2.66. The van der Waals surface area contributed by atoms with E-state index >= 15 is 0 Å². The Bertz CT molecular complexity index is 846. The molecule has 0 unspecified atom stereocenters. The molecule has 0 fully saturated rings. The molecule has 0 amide bonds. The molecule has 0 aliphatic carbocycles. The Balaban J connectivity index is 2.31. The number of nitrogens with zero attached hydrogens (tertiary/aromatic N) is 1. The molecular weight excluding hydrogens is 332 g/mol. The van der Waals surface area contributed by atoms with Gasteiger partial charge in [0.2, 0.25) is 0 Å². The zero-order valence-electron chi connectivity index (χ0n) is 11.6. The van der Waals surface area contributed by atoms with Crippen molar-refractivity contribution in [3.8, 4) is 0 Å². The number of aromatic nitrogens is 1. The maximum Gasteiger partial charge on any atom is 0.263 e. The minimum absolute atomic E-state index is 0.0135. The van der Waals surface area contributed by atoms with Crippen molar-refractivity contribution in [3.05, 3.63) is 34.8 Å². The molecule has 0 saturated carbocycles. The summed E-state index contributed by atoms with van der Waals surface area (Å²) in [6, 6.07) is 5.04.